The summed E-state index contributed by atoms with van der Waals surface area (Å²) in [6.07, 6.45) is -4.16. The Morgan fingerprint density at radius 1 is 1.00 bits per heavy atom. The molecule has 1 amide bonds. The van der Waals surface area contributed by atoms with Gasteiger partial charge in [0, 0.05) is 24.3 Å². The quantitative estimate of drug-likeness (QED) is 0.0947. The lowest BCUT2D eigenvalue weighted by atomic mass is 9.99. The van der Waals surface area contributed by atoms with Gasteiger partial charge in [-0.1, -0.05) is 55.5 Å². The molecule has 1 aliphatic heterocycles. The number of para-hydroxylation sites is 1. The van der Waals surface area contributed by atoms with Gasteiger partial charge in [0.25, 0.3) is 5.91 Å². The number of halogens is 4. The van der Waals surface area contributed by atoms with Crippen molar-refractivity contribution in [3.05, 3.63) is 101 Å². The highest BCUT2D eigenvalue weighted by Gasteiger charge is 2.33. The monoisotopic (exact) mass is 810 g/mol. The van der Waals surface area contributed by atoms with E-state index in [2.05, 4.69) is 15.4 Å². The number of sulfonamides is 1. The van der Waals surface area contributed by atoms with E-state index in [9.17, 15) is 26.4 Å². The summed E-state index contributed by atoms with van der Waals surface area (Å²) >= 11 is 0. The summed E-state index contributed by atoms with van der Waals surface area (Å²) < 4.78 is 100.0. The van der Waals surface area contributed by atoms with Gasteiger partial charge in [0.1, 0.15) is 12.4 Å². The molecule has 3 aromatic carbocycles. The molecule has 6 rings (SSSR count). The molecule has 2 aromatic heterocycles. The summed E-state index contributed by atoms with van der Waals surface area (Å²) in [7, 11) is -3.67. The number of ether oxygens (including phenoxy) is 2. The third-order valence-electron chi connectivity index (χ3n) is 9.09. The van der Waals surface area contributed by atoms with Crippen molar-refractivity contribution >= 4 is 38.3 Å². The van der Waals surface area contributed by atoms with Gasteiger partial charge in [-0.25, -0.2) is 22.5 Å². The molecular weight excluding hydrogens is 765 g/mol. The number of anilines is 2. The minimum Gasteiger partial charge on any atom is -0.486 e. The summed E-state index contributed by atoms with van der Waals surface area (Å²) in [6.45, 7) is 7.50. The predicted molar refractivity (Wildman–Crippen MR) is 211 cm³/mol. The smallest absolute Gasteiger partial charge is 0.393 e. The van der Waals surface area contributed by atoms with Crippen LogP contribution in [0.15, 0.2) is 72.8 Å². The average molecular weight is 811 g/mol. The topological polar surface area (TPSA) is 136 Å². The number of nitrogens with zero attached hydrogens (tertiary/aromatic N) is 3. The maximum atomic E-state index is 15.9. The second-order valence-electron chi connectivity index (χ2n) is 15.0. The summed E-state index contributed by atoms with van der Waals surface area (Å²) in [6, 6.07) is 19.1. The number of amides is 1. The molecule has 5 aromatic rings. The summed E-state index contributed by atoms with van der Waals surface area (Å²) in [5.41, 5.74) is 0.692. The normalized spacial score (nSPS) is 15.1. The van der Waals surface area contributed by atoms with Crippen molar-refractivity contribution in [1.29, 1.82) is 0 Å². The van der Waals surface area contributed by atoms with E-state index >= 15 is 4.39 Å². The van der Waals surface area contributed by atoms with E-state index in [0.717, 1.165) is 25.0 Å². The van der Waals surface area contributed by atoms with Crippen molar-refractivity contribution in [2.24, 2.45) is 0 Å². The maximum absolute atomic E-state index is 15.9. The van der Waals surface area contributed by atoms with E-state index in [1.54, 1.807) is 61.5 Å². The molecule has 3 heterocycles. The fraction of sp³-hybridized carbons (Fsp3) is 0.390. The molecular formula is C41H46F4N6O5S. The lowest BCUT2D eigenvalue weighted by Gasteiger charge is -2.24. The Labute approximate surface area is 329 Å². The van der Waals surface area contributed by atoms with Crippen LogP contribution in [0, 0.1) is 5.82 Å². The van der Waals surface area contributed by atoms with Gasteiger partial charge in [0.05, 0.1) is 34.5 Å². The van der Waals surface area contributed by atoms with E-state index in [1.165, 1.54) is 10.7 Å². The van der Waals surface area contributed by atoms with Crippen LogP contribution in [-0.2, 0) is 34.3 Å². The molecule has 11 nitrogen and oxygen atoms in total. The van der Waals surface area contributed by atoms with Crippen LogP contribution in [0.2, 0.25) is 0 Å². The summed E-state index contributed by atoms with van der Waals surface area (Å²) in [5.74, 6) is -1.83. The van der Waals surface area contributed by atoms with E-state index in [0.29, 0.717) is 41.8 Å². The van der Waals surface area contributed by atoms with Crippen LogP contribution in [0.25, 0.3) is 22.2 Å². The lowest BCUT2D eigenvalue weighted by molar-refractivity contribution is -0.127. The van der Waals surface area contributed by atoms with E-state index < -0.39 is 46.1 Å². The molecule has 0 radical (unpaired) electrons. The maximum Gasteiger partial charge on any atom is 0.393 e. The molecule has 0 bridgehead atoms. The SMILES string of the molecule is CCCS(=O)(=O)Nc1ccccc1CNc1nc(-c2cc(F)c(OCc3ccccc3)cc2CC(F)(F)F)cc2c1c(C(=O)NC(C)(C)C)nn2C1CCCCO1. The number of hydrogen-bond donors (Lipinski definition) is 3. The van der Waals surface area contributed by atoms with E-state index in [-0.39, 0.29) is 58.4 Å². The number of pyridine rings is 1. The number of hydrogen-bond acceptors (Lipinski definition) is 8. The van der Waals surface area contributed by atoms with Gasteiger partial charge >= 0.3 is 6.18 Å². The molecule has 0 spiro atoms. The number of fused-ring (bicyclic) bond motifs is 1. The number of rotatable bonds is 14. The fourth-order valence-electron chi connectivity index (χ4n) is 6.60. The van der Waals surface area contributed by atoms with Gasteiger partial charge in [-0.2, -0.15) is 18.3 Å². The van der Waals surface area contributed by atoms with Gasteiger partial charge in [-0.3, -0.25) is 9.52 Å². The Kier molecular flexibility index (Phi) is 12.4. The zero-order chi connectivity index (χ0) is 41.0. The molecule has 3 N–H and O–H groups in total. The first-order chi connectivity index (χ1) is 27.0. The van der Waals surface area contributed by atoms with Crippen molar-refractivity contribution in [2.45, 2.75) is 90.9 Å². The molecule has 0 aliphatic carbocycles. The van der Waals surface area contributed by atoms with Gasteiger partial charge in [-0.05, 0) is 87.4 Å². The minimum absolute atomic E-state index is 0.0149. The number of benzene rings is 3. The molecule has 1 aliphatic rings. The van der Waals surface area contributed by atoms with Crippen molar-refractivity contribution in [3.63, 3.8) is 0 Å². The number of nitrogens with one attached hydrogen (secondary N) is 3. The largest absolute Gasteiger partial charge is 0.486 e. The van der Waals surface area contributed by atoms with Crippen molar-refractivity contribution in [2.75, 3.05) is 22.4 Å². The molecule has 57 heavy (non-hydrogen) atoms. The van der Waals surface area contributed by atoms with Crippen LogP contribution < -0.4 is 20.1 Å². The number of aromatic nitrogens is 3. The van der Waals surface area contributed by atoms with Gasteiger partial charge in [0.15, 0.2) is 23.5 Å². The third kappa shape index (κ3) is 10.6. The lowest BCUT2D eigenvalue weighted by Crippen LogP contribution is -2.41. The molecule has 16 heteroatoms. The first-order valence-electron chi connectivity index (χ1n) is 18.8. The van der Waals surface area contributed by atoms with Crippen LogP contribution >= 0.6 is 0 Å². The van der Waals surface area contributed by atoms with Crippen LogP contribution in [0.1, 0.15) is 86.8 Å². The molecule has 1 fully saturated rings. The van der Waals surface area contributed by atoms with Gasteiger partial charge in [-0.15, -0.1) is 0 Å². The highest BCUT2D eigenvalue weighted by Crippen LogP contribution is 2.39. The predicted octanol–water partition coefficient (Wildman–Crippen LogP) is 8.91. The zero-order valence-electron chi connectivity index (χ0n) is 32.2. The molecule has 1 atom stereocenters. The fourth-order valence-corrected chi connectivity index (χ4v) is 7.77. The molecule has 1 saturated heterocycles. The Balaban J connectivity index is 1.53. The summed E-state index contributed by atoms with van der Waals surface area (Å²) in [4.78, 5) is 18.7. The van der Waals surface area contributed by atoms with Gasteiger partial charge < -0.3 is 20.1 Å². The number of alkyl halides is 3. The first kappa shape index (κ1) is 41.4. The Morgan fingerprint density at radius 3 is 2.42 bits per heavy atom. The molecule has 1 unspecified atom stereocenters. The van der Waals surface area contributed by atoms with Gasteiger partial charge in [0.2, 0.25) is 10.0 Å². The first-order valence-corrected chi connectivity index (χ1v) is 20.4. The highest BCUT2D eigenvalue weighted by atomic mass is 32.2. The summed E-state index contributed by atoms with van der Waals surface area (Å²) in [5, 5.41) is 11.1. The zero-order valence-corrected chi connectivity index (χ0v) is 33.0. The Hall–Kier alpha value is -5.22. The Morgan fingerprint density at radius 2 is 1.74 bits per heavy atom. The van der Waals surface area contributed by atoms with Crippen LogP contribution in [0.5, 0.6) is 5.75 Å². The highest BCUT2D eigenvalue weighted by molar-refractivity contribution is 7.92. The standard InChI is InChI=1S/C41H46F4N6O5S/c1-5-19-57(53,54)50-31-16-10-9-15-27(31)24-46-38-36-33(51(35-17-11-12-18-55-35)49-37(36)39(52)48-40(2,3)4)22-32(47-38)29-21-30(42)34(20-28(29)23-41(43,44)45)56-25-26-13-7-6-8-14-26/h6-10,13-16,20-22,35,50H,5,11-12,17-19,23-25H2,1-4H3,(H,46,47)(H,48,52). The van der Waals surface area contributed by atoms with Crippen LogP contribution in [0.4, 0.5) is 29.1 Å². The second kappa shape index (κ2) is 17.1. The molecule has 0 saturated carbocycles. The number of carbonyl (C=O) groups is 1. The third-order valence-corrected chi connectivity index (χ3v) is 10.6. The second-order valence-corrected chi connectivity index (χ2v) is 16.8. The average Bonchev–Trinajstić information content (AvgIpc) is 3.54. The van der Waals surface area contributed by atoms with Crippen LogP contribution in [-0.4, -0.2) is 53.2 Å². The molecule has 304 valence electrons. The van der Waals surface area contributed by atoms with Crippen molar-refractivity contribution < 1.29 is 40.2 Å². The van der Waals surface area contributed by atoms with Crippen LogP contribution in [0.3, 0.4) is 0 Å². The Bertz CT molecular complexity index is 2320. The number of carbonyl (C=O) groups excluding carboxylic acids is 1. The van der Waals surface area contributed by atoms with E-state index in [4.69, 9.17) is 19.6 Å². The van der Waals surface area contributed by atoms with Crippen molar-refractivity contribution in [3.8, 4) is 17.0 Å². The minimum atomic E-state index is -4.68. The van der Waals surface area contributed by atoms with E-state index in [1.807, 2.05) is 20.8 Å². The van der Waals surface area contributed by atoms with Crippen molar-refractivity contribution in [1.82, 2.24) is 20.1 Å².